The third-order valence-electron chi connectivity index (χ3n) is 4.22. The Morgan fingerprint density at radius 2 is 1.61 bits per heavy atom. The Labute approximate surface area is 180 Å². The number of benzene rings is 2. The highest BCUT2D eigenvalue weighted by molar-refractivity contribution is 5.92. The monoisotopic (exact) mass is 423 g/mol. The van der Waals surface area contributed by atoms with Gasteiger partial charge in [0, 0.05) is 12.1 Å². The van der Waals surface area contributed by atoms with Crippen molar-refractivity contribution in [3.63, 3.8) is 0 Å². The van der Waals surface area contributed by atoms with Gasteiger partial charge in [-0.1, -0.05) is 30.3 Å². The lowest BCUT2D eigenvalue weighted by Gasteiger charge is -2.12. The predicted molar refractivity (Wildman–Crippen MR) is 115 cm³/mol. The van der Waals surface area contributed by atoms with Crippen LogP contribution in [0.1, 0.15) is 25.5 Å². The molecule has 0 atom stereocenters. The van der Waals surface area contributed by atoms with Gasteiger partial charge in [0.2, 0.25) is 0 Å². The van der Waals surface area contributed by atoms with Gasteiger partial charge in [-0.25, -0.2) is 9.48 Å². The van der Waals surface area contributed by atoms with E-state index in [1.165, 1.54) is 0 Å². The standard InChI is InChI=1S/C23H25N3O5/c1-17(2)26-21(12-13-24-26)25-22(27)15-31-23(28)16-30-20-10-8-19(9-11-20)29-14-18-6-4-3-5-7-18/h3-13,17H,14-16H2,1-2H3,(H,25,27). The molecular formula is C23H25N3O5. The molecule has 31 heavy (non-hydrogen) atoms. The van der Waals surface area contributed by atoms with Crippen molar-refractivity contribution in [1.29, 1.82) is 0 Å². The zero-order valence-corrected chi connectivity index (χ0v) is 17.5. The average molecular weight is 423 g/mol. The highest BCUT2D eigenvalue weighted by Gasteiger charge is 2.12. The Bertz CT molecular complexity index is 984. The number of nitrogens with zero attached hydrogens (tertiary/aromatic N) is 2. The highest BCUT2D eigenvalue weighted by atomic mass is 16.6. The summed E-state index contributed by atoms with van der Waals surface area (Å²) in [6, 6.07) is 18.5. The molecule has 8 nitrogen and oxygen atoms in total. The summed E-state index contributed by atoms with van der Waals surface area (Å²) in [4.78, 5) is 23.8. The number of anilines is 1. The lowest BCUT2D eigenvalue weighted by molar-refractivity contribution is -0.149. The number of carbonyl (C=O) groups excluding carboxylic acids is 2. The first kappa shape index (κ1) is 21.9. The van der Waals surface area contributed by atoms with Crippen molar-refractivity contribution < 1.29 is 23.8 Å². The molecule has 0 aliphatic rings. The Morgan fingerprint density at radius 1 is 0.935 bits per heavy atom. The summed E-state index contributed by atoms with van der Waals surface area (Å²) in [5.41, 5.74) is 1.07. The second-order valence-corrected chi connectivity index (χ2v) is 7.00. The number of nitrogens with one attached hydrogen (secondary N) is 1. The summed E-state index contributed by atoms with van der Waals surface area (Å²) in [6.45, 7) is 3.65. The summed E-state index contributed by atoms with van der Waals surface area (Å²) in [5, 5.41) is 6.79. The molecule has 0 aliphatic heterocycles. The molecule has 1 N–H and O–H groups in total. The van der Waals surface area contributed by atoms with Gasteiger partial charge in [-0.15, -0.1) is 0 Å². The Morgan fingerprint density at radius 3 is 2.29 bits per heavy atom. The van der Waals surface area contributed by atoms with Crippen LogP contribution in [0.3, 0.4) is 0 Å². The van der Waals surface area contributed by atoms with Crippen molar-refractivity contribution in [2.24, 2.45) is 0 Å². The molecule has 0 bridgehead atoms. The third kappa shape index (κ3) is 6.88. The van der Waals surface area contributed by atoms with E-state index < -0.39 is 18.5 Å². The highest BCUT2D eigenvalue weighted by Crippen LogP contribution is 2.19. The zero-order valence-electron chi connectivity index (χ0n) is 17.5. The number of esters is 1. The van der Waals surface area contributed by atoms with E-state index in [-0.39, 0.29) is 12.6 Å². The number of ether oxygens (including phenoxy) is 3. The molecule has 1 aromatic heterocycles. The van der Waals surface area contributed by atoms with Gasteiger partial charge in [0.1, 0.15) is 23.9 Å². The van der Waals surface area contributed by atoms with Crippen molar-refractivity contribution in [1.82, 2.24) is 9.78 Å². The zero-order chi connectivity index (χ0) is 22.1. The van der Waals surface area contributed by atoms with Crippen LogP contribution in [0.25, 0.3) is 0 Å². The average Bonchev–Trinajstić information content (AvgIpc) is 3.24. The number of hydrogen-bond donors (Lipinski definition) is 1. The Kier molecular flexibility index (Phi) is 7.64. The van der Waals surface area contributed by atoms with Crippen LogP contribution in [0.5, 0.6) is 11.5 Å². The third-order valence-corrected chi connectivity index (χ3v) is 4.22. The molecule has 0 fully saturated rings. The van der Waals surface area contributed by atoms with Crippen LogP contribution >= 0.6 is 0 Å². The number of rotatable bonds is 10. The van der Waals surface area contributed by atoms with Crippen LogP contribution in [0, 0.1) is 0 Å². The molecule has 1 heterocycles. The molecular weight excluding hydrogens is 398 g/mol. The fourth-order valence-corrected chi connectivity index (χ4v) is 2.71. The maximum atomic E-state index is 12.0. The first-order chi connectivity index (χ1) is 15.0. The van der Waals surface area contributed by atoms with E-state index in [1.807, 2.05) is 44.2 Å². The molecule has 0 saturated carbocycles. The van der Waals surface area contributed by atoms with E-state index in [0.29, 0.717) is 23.9 Å². The normalized spacial score (nSPS) is 10.5. The topological polar surface area (TPSA) is 91.7 Å². The first-order valence-corrected chi connectivity index (χ1v) is 9.90. The van der Waals surface area contributed by atoms with Gasteiger partial charge < -0.3 is 19.5 Å². The number of amides is 1. The second kappa shape index (κ2) is 10.8. The number of hydrogen-bond acceptors (Lipinski definition) is 6. The second-order valence-electron chi connectivity index (χ2n) is 7.00. The van der Waals surface area contributed by atoms with Crippen LogP contribution in [0.15, 0.2) is 66.9 Å². The summed E-state index contributed by atoms with van der Waals surface area (Å²) in [5.74, 6) is 0.639. The minimum atomic E-state index is -0.642. The van der Waals surface area contributed by atoms with Gasteiger partial charge in [0.15, 0.2) is 13.2 Å². The van der Waals surface area contributed by atoms with Crippen molar-refractivity contribution in [3.8, 4) is 11.5 Å². The molecule has 162 valence electrons. The van der Waals surface area contributed by atoms with E-state index in [4.69, 9.17) is 14.2 Å². The van der Waals surface area contributed by atoms with Gasteiger partial charge in [-0.05, 0) is 43.7 Å². The quantitative estimate of drug-likeness (QED) is 0.501. The van der Waals surface area contributed by atoms with E-state index >= 15 is 0 Å². The Hall–Kier alpha value is -3.81. The largest absolute Gasteiger partial charge is 0.489 e. The summed E-state index contributed by atoms with van der Waals surface area (Å²) >= 11 is 0. The summed E-state index contributed by atoms with van der Waals surface area (Å²) in [6.07, 6.45) is 1.59. The van der Waals surface area contributed by atoms with Crippen molar-refractivity contribution in [3.05, 3.63) is 72.4 Å². The molecule has 0 spiro atoms. The SMILES string of the molecule is CC(C)n1nccc1NC(=O)COC(=O)COc1ccc(OCc2ccccc2)cc1. The molecule has 3 rings (SSSR count). The van der Waals surface area contributed by atoms with E-state index in [0.717, 1.165) is 5.56 Å². The minimum absolute atomic E-state index is 0.0939. The van der Waals surface area contributed by atoms with Crippen LogP contribution in [0.2, 0.25) is 0 Å². The predicted octanol–water partition coefficient (Wildman–Crippen LogP) is 3.60. The number of aromatic nitrogens is 2. The molecule has 8 heteroatoms. The van der Waals surface area contributed by atoms with Crippen molar-refractivity contribution >= 4 is 17.7 Å². The molecule has 3 aromatic rings. The molecule has 1 amide bonds. The summed E-state index contributed by atoms with van der Waals surface area (Å²) in [7, 11) is 0. The lowest BCUT2D eigenvalue weighted by atomic mass is 10.2. The van der Waals surface area contributed by atoms with E-state index in [9.17, 15) is 9.59 Å². The van der Waals surface area contributed by atoms with Gasteiger partial charge in [-0.2, -0.15) is 5.10 Å². The fraction of sp³-hybridized carbons (Fsp3) is 0.261. The van der Waals surface area contributed by atoms with E-state index in [2.05, 4.69) is 10.4 Å². The smallest absolute Gasteiger partial charge is 0.344 e. The maximum Gasteiger partial charge on any atom is 0.344 e. The molecule has 0 saturated heterocycles. The van der Waals surface area contributed by atoms with Gasteiger partial charge in [0.05, 0.1) is 6.20 Å². The first-order valence-electron chi connectivity index (χ1n) is 9.90. The van der Waals surface area contributed by atoms with Crippen molar-refractivity contribution in [2.75, 3.05) is 18.5 Å². The maximum absolute atomic E-state index is 12.0. The molecule has 0 radical (unpaired) electrons. The molecule has 0 unspecified atom stereocenters. The summed E-state index contributed by atoms with van der Waals surface area (Å²) < 4.78 is 17.7. The lowest BCUT2D eigenvalue weighted by Crippen LogP contribution is -2.25. The number of carbonyl (C=O) groups is 2. The Balaban J connectivity index is 1.37. The van der Waals surface area contributed by atoms with Gasteiger partial charge in [0.25, 0.3) is 5.91 Å². The van der Waals surface area contributed by atoms with Crippen molar-refractivity contribution in [2.45, 2.75) is 26.5 Å². The van der Waals surface area contributed by atoms with Crippen LogP contribution in [-0.2, 0) is 20.9 Å². The van der Waals surface area contributed by atoms with Crippen LogP contribution < -0.4 is 14.8 Å². The van der Waals surface area contributed by atoms with Gasteiger partial charge >= 0.3 is 5.97 Å². The van der Waals surface area contributed by atoms with Gasteiger partial charge in [-0.3, -0.25) is 4.79 Å². The molecule has 2 aromatic carbocycles. The molecule has 0 aliphatic carbocycles. The van der Waals surface area contributed by atoms with E-state index in [1.54, 1.807) is 41.2 Å². The minimum Gasteiger partial charge on any atom is -0.489 e. The van der Waals surface area contributed by atoms with Crippen LogP contribution in [0.4, 0.5) is 5.82 Å². The van der Waals surface area contributed by atoms with Crippen LogP contribution in [-0.4, -0.2) is 34.9 Å². The fourth-order valence-electron chi connectivity index (χ4n) is 2.71.